The van der Waals surface area contributed by atoms with E-state index in [0.29, 0.717) is 11.6 Å². The third-order valence-corrected chi connectivity index (χ3v) is 8.51. The Morgan fingerprint density at radius 3 is 2.60 bits per heavy atom. The molecule has 1 spiro atoms. The molecule has 0 bridgehead atoms. The van der Waals surface area contributed by atoms with Gasteiger partial charge in [0.05, 0.1) is 5.70 Å². The Bertz CT molecular complexity index is 786. The van der Waals surface area contributed by atoms with Gasteiger partial charge < -0.3 is 5.32 Å². The third-order valence-electron chi connectivity index (χ3n) is 8.51. The summed E-state index contributed by atoms with van der Waals surface area (Å²) >= 11 is 0. The second-order valence-corrected chi connectivity index (χ2v) is 9.05. The van der Waals surface area contributed by atoms with Crippen LogP contribution in [0.1, 0.15) is 59.8 Å². The molecule has 0 heterocycles. The Morgan fingerprint density at radius 2 is 1.92 bits per heavy atom. The first-order chi connectivity index (χ1) is 11.7. The molecule has 0 radical (unpaired) electrons. The number of hydrogen-bond acceptors (Lipinski definition) is 3. The summed E-state index contributed by atoms with van der Waals surface area (Å²) in [6.45, 7) is 9.27. The number of Topliss-reactive ketones (excluding diaryl/α,β-unsaturated/α-hetero) is 1. The van der Waals surface area contributed by atoms with Crippen molar-refractivity contribution in [2.75, 3.05) is 7.05 Å². The zero-order valence-electron chi connectivity index (χ0n) is 16.1. The van der Waals surface area contributed by atoms with Gasteiger partial charge in [-0.2, -0.15) is 0 Å². The van der Waals surface area contributed by atoms with Crippen LogP contribution in [-0.4, -0.2) is 18.6 Å². The molecule has 0 unspecified atom stereocenters. The van der Waals surface area contributed by atoms with Crippen molar-refractivity contribution in [1.82, 2.24) is 5.32 Å². The minimum atomic E-state index is -0.213. The zero-order valence-corrected chi connectivity index (χ0v) is 16.1. The highest BCUT2D eigenvalue weighted by Crippen LogP contribution is 2.76. The minimum Gasteiger partial charge on any atom is -0.385 e. The van der Waals surface area contributed by atoms with Crippen molar-refractivity contribution in [3.8, 4) is 0 Å². The van der Waals surface area contributed by atoms with Crippen molar-refractivity contribution in [3.63, 3.8) is 0 Å². The summed E-state index contributed by atoms with van der Waals surface area (Å²) in [6.07, 6.45) is 8.88. The van der Waals surface area contributed by atoms with Gasteiger partial charge >= 0.3 is 0 Å². The van der Waals surface area contributed by atoms with Crippen LogP contribution in [-0.2, 0) is 9.59 Å². The fourth-order valence-corrected chi connectivity index (χ4v) is 6.78. The molecule has 4 atom stereocenters. The van der Waals surface area contributed by atoms with Gasteiger partial charge in [0.1, 0.15) is 0 Å². The zero-order chi connectivity index (χ0) is 18.2. The average Bonchev–Trinajstić information content (AvgIpc) is 2.86. The molecule has 1 fully saturated rings. The lowest BCUT2D eigenvalue weighted by molar-refractivity contribution is -0.124. The van der Waals surface area contributed by atoms with Gasteiger partial charge in [0.25, 0.3) is 0 Å². The fraction of sp³-hybridized carbons (Fsp3) is 0.636. The molecule has 25 heavy (non-hydrogen) atoms. The number of hydrogen-bond donors (Lipinski definition) is 1. The molecule has 0 amide bonds. The molecule has 3 heteroatoms. The van der Waals surface area contributed by atoms with Crippen molar-refractivity contribution in [2.24, 2.45) is 22.2 Å². The summed E-state index contributed by atoms with van der Waals surface area (Å²) < 4.78 is 0. The Balaban J connectivity index is 2.03. The third kappa shape index (κ3) is 1.68. The molecule has 0 aromatic rings. The lowest BCUT2D eigenvalue weighted by atomic mass is 9.38. The van der Waals surface area contributed by atoms with Crippen molar-refractivity contribution in [2.45, 2.75) is 59.8 Å². The summed E-state index contributed by atoms with van der Waals surface area (Å²) in [6, 6.07) is 0. The largest absolute Gasteiger partial charge is 0.385 e. The molecule has 4 rings (SSSR count). The maximum absolute atomic E-state index is 13.4. The number of carbonyl (C=O) groups is 2. The van der Waals surface area contributed by atoms with E-state index in [2.05, 4.69) is 39.1 Å². The molecule has 1 N–H and O–H groups in total. The van der Waals surface area contributed by atoms with Gasteiger partial charge in [-0.25, -0.2) is 0 Å². The number of nitrogens with one attached hydrogen (secondary N) is 1. The minimum absolute atomic E-state index is 0.0253. The molecule has 0 aromatic heterocycles. The van der Waals surface area contributed by atoms with E-state index < -0.39 is 0 Å². The van der Waals surface area contributed by atoms with Crippen LogP contribution in [0.15, 0.2) is 34.6 Å². The summed E-state index contributed by atoms with van der Waals surface area (Å²) in [5.74, 6) is 0.622. The van der Waals surface area contributed by atoms with Gasteiger partial charge in [0.2, 0.25) is 5.78 Å². The van der Waals surface area contributed by atoms with E-state index in [9.17, 15) is 9.59 Å². The van der Waals surface area contributed by atoms with E-state index in [1.807, 2.05) is 0 Å². The topological polar surface area (TPSA) is 46.2 Å². The quantitative estimate of drug-likeness (QED) is 0.577. The van der Waals surface area contributed by atoms with E-state index in [1.165, 1.54) is 11.6 Å². The van der Waals surface area contributed by atoms with Crippen LogP contribution in [0.4, 0.5) is 0 Å². The molecule has 3 nitrogen and oxygen atoms in total. The molecule has 0 aliphatic heterocycles. The monoisotopic (exact) mass is 339 g/mol. The van der Waals surface area contributed by atoms with Gasteiger partial charge in [-0.15, -0.1) is 0 Å². The van der Waals surface area contributed by atoms with Crippen LogP contribution in [0.5, 0.6) is 0 Å². The Kier molecular flexibility index (Phi) is 3.33. The highest BCUT2D eigenvalue weighted by atomic mass is 16.1. The van der Waals surface area contributed by atoms with E-state index in [4.69, 9.17) is 0 Å². The molecule has 0 aromatic carbocycles. The lowest BCUT2D eigenvalue weighted by Gasteiger charge is -2.64. The lowest BCUT2D eigenvalue weighted by Crippen LogP contribution is -2.58. The number of allylic oxidation sites excluding steroid dienone is 5. The number of ketones is 2. The summed E-state index contributed by atoms with van der Waals surface area (Å²) in [7, 11) is 1.74. The molecule has 134 valence electrons. The Hall–Kier alpha value is -1.64. The maximum Gasteiger partial charge on any atom is 0.205 e. The first-order valence-corrected chi connectivity index (χ1v) is 9.62. The van der Waals surface area contributed by atoms with E-state index in [1.54, 1.807) is 7.05 Å². The molecule has 1 saturated carbocycles. The molecular weight excluding hydrogens is 310 g/mol. The number of carbonyl (C=O) groups excluding carboxylic acids is 2. The molecular formula is C22H29NO2. The Morgan fingerprint density at radius 1 is 1.20 bits per heavy atom. The molecule has 0 saturated heterocycles. The van der Waals surface area contributed by atoms with Crippen molar-refractivity contribution < 1.29 is 9.59 Å². The van der Waals surface area contributed by atoms with Crippen molar-refractivity contribution >= 4 is 11.6 Å². The van der Waals surface area contributed by atoms with E-state index in [-0.39, 0.29) is 27.8 Å². The van der Waals surface area contributed by atoms with Crippen LogP contribution < -0.4 is 5.32 Å². The first kappa shape index (κ1) is 16.8. The highest BCUT2D eigenvalue weighted by molar-refractivity contribution is 6.24. The van der Waals surface area contributed by atoms with Crippen molar-refractivity contribution in [3.05, 3.63) is 34.6 Å². The van der Waals surface area contributed by atoms with Crippen LogP contribution in [0, 0.1) is 22.2 Å². The van der Waals surface area contributed by atoms with Gasteiger partial charge in [-0.1, -0.05) is 32.4 Å². The van der Waals surface area contributed by atoms with Gasteiger partial charge in [-0.3, -0.25) is 9.59 Å². The SMILES string of the molecule is CNC1=CC(=O)C2=C(C1=O)[C@@]13CCC=C(C)[C@]1(C)CC[C@H](C)[C@@]3(C)C2. The van der Waals surface area contributed by atoms with Gasteiger partial charge in [0.15, 0.2) is 5.78 Å². The average molecular weight is 339 g/mol. The van der Waals surface area contributed by atoms with E-state index in [0.717, 1.165) is 43.3 Å². The Labute approximate surface area is 150 Å². The van der Waals surface area contributed by atoms with Gasteiger partial charge in [0, 0.05) is 29.7 Å². The number of likely N-dealkylation sites (N-methyl/N-ethyl adjacent to an activating group) is 1. The predicted molar refractivity (Wildman–Crippen MR) is 98.8 cm³/mol. The maximum atomic E-state index is 13.4. The van der Waals surface area contributed by atoms with Gasteiger partial charge in [-0.05, 0) is 55.8 Å². The standard InChI is InChI=1S/C22H29NO2/c1-13-7-6-9-22-18-15(17(24)11-16(23-5)19(18)25)12-21(22,4)14(2)8-10-20(13,22)3/h7,11,14,23H,6,8-10,12H2,1-5H3/t14-,20-,21+,22-/m0/s1. The summed E-state index contributed by atoms with van der Waals surface area (Å²) in [5, 5.41) is 2.97. The predicted octanol–water partition coefficient (Wildman–Crippen LogP) is 4.11. The van der Waals surface area contributed by atoms with Crippen LogP contribution >= 0.6 is 0 Å². The van der Waals surface area contributed by atoms with E-state index >= 15 is 0 Å². The normalized spacial score (nSPS) is 43.2. The summed E-state index contributed by atoms with van der Waals surface area (Å²) in [4.78, 5) is 26.3. The van der Waals surface area contributed by atoms with Crippen LogP contribution in [0.3, 0.4) is 0 Å². The number of rotatable bonds is 1. The molecule has 4 aliphatic carbocycles. The highest BCUT2D eigenvalue weighted by Gasteiger charge is 2.70. The summed E-state index contributed by atoms with van der Waals surface area (Å²) in [5.41, 5.74) is 3.27. The fourth-order valence-electron chi connectivity index (χ4n) is 6.78. The van der Waals surface area contributed by atoms with Crippen LogP contribution in [0.2, 0.25) is 0 Å². The first-order valence-electron chi connectivity index (χ1n) is 9.62. The van der Waals surface area contributed by atoms with Crippen molar-refractivity contribution in [1.29, 1.82) is 0 Å². The second kappa shape index (κ2) is 4.96. The smallest absolute Gasteiger partial charge is 0.205 e. The van der Waals surface area contributed by atoms with Crippen LogP contribution in [0.25, 0.3) is 0 Å². The molecule has 4 aliphatic rings. The second-order valence-electron chi connectivity index (χ2n) is 9.05.